The van der Waals surface area contributed by atoms with E-state index in [4.69, 9.17) is 54.4 Å². The number of hydrogen-bond donors (Lipinski definition) is 1. The van der Waals surface area contributed by atoms with Gasteiger partial charge < -0.3 is 24.3 Å². The van der Waals surface area contributed by atoms with Crippen LogP contribution in [-0.2, 0) is 38.6 Å². The number of fused-ring (bicyclic) bond motifs is 4. The van der Waals surface area contributed by atoms with Crippen LogP contribution in [0.15, 0.2) is 36.4 Å². The summed E-state index contributed by atoms with van der Waals surface area (Å²) in [6.07, 6.45) is 5.90. The first-order valence-corrected chi connectivity index (χ1v) is 20.2. The van der Waals surface area contributed by atoms with Crippen LogP contribution in [0.1, 0.15) is 109 Å². The Morgan fingerprint density at radius 1 is 0.764 bits per heavy atom. The zero-order chi connectivity index (χ0) is 39.5. The molecule has 15 heteroatoms. The predicted molar refractivity (Wildman–Crippen MR) is 216 cm³/mol. The summed E-state index contributed by atoms with van der Waals surface area (Å²) in [7, 11) is 0. The molecule has 4 heterocycles. The molecule has 1 aliphatic carbocycles. The second kappa shape index (κ2) is 17.3. The Bertz CT molecular complexity index is 1860. The molecule has 0 spiro atoms. The molecule has 1 aromatic heterocycles. The SMILES string of the molecule is CC(C)(C)OC(=O)N1CC(=S)Nc2ccc(Cl)cc2C1.CC(C)(C)OC(=O)N1Cc2cc(Cl)ccc2-n2c(nnc2C2CCC(OC3CCOCC3)CC2)C1. The van der Waals surface area contributed by atoms with E-state index >= 15 is 0 Å². The fourth-order valence-electron chi connectivity index (χ4n) is 7.18. The molecule has 55 heavy (non-hydrogen) atoms. The molecule has 3 aromatic rings. The quantitative estimate of drug-likeness (QED) is 0.256. The van der Waals surface area contributed by atoms with Gasteiger partial charge in [-0.1, -0.05) is 35.4 Å². The predicted octanol–water partition coefficient (Wildman–Crippen LogP) is 9.22. The van der Waals surface area contributed by atoms with Crippen LogP contribution in [0.2, 0.25) is 10.0 Å². The maximum atomic E-state index is 13.0. The van der Waals surface area contributed by atoms with E-state index in [9.17, 15) is 9.59 Å². The van der Waals surface area contributed by atoms with E-state index < -0.39 is 11.2 Å². The molecular formula is C40H52Cl2N6O6S. The fraction of sp³-hybridized carbons (Fsp3) is 0.575. The van der Waals surface area contributed by atoms with Crippen molar-refractivity contribution in [3.8, 4) is 5.69 Å². The number of anilines is 1. The molecule has 7 rings (SSSR count). The maximum absolute atomic E-state index is 13.0. The van der Waals surface area contributed by atoms with Gasteiger partial charge in [-0.15, -0.1) is 10.2 Å². The van der Waals surface area contributed by atoms with Crippen molar-refractivity contribution in [2.24, 2.45) is 0 Å². The molecular weight excluding hydrogens is 763 g/mol. The number of amides is 2. The van der Waals surface area contributed by atoms with Gasteiger partial charge in [0.05, 0.1) is 49.1 Å². The molecule has 3 aliphatic heterocycles. The first kappa shape index (κ1) is 41.2. The number of nitrogens with zero attached hydrogens (tertiary/aromatic N) is 5. The monoisotopic (exact) mass is 814 g/mol. The minimum absolute atomic E-state index is 0.294. The number of carbonyl (C=O) groups is 2. The minimum Gasteiger partial charge on any atom is -0.444 e. The molecule has 1 N–H and O–H groups in total. The molecule has 0 bridgehead atoms. The molecule has 12 nitrogen and oxygen atoms in total. The average molecular weight is 816 g/mol. The lowest BCUT2D eigenvalue weighted by Gasteiger charge is -2.32. The largest absolute Gasteiger partial charge is 0.444 e. The Hall–Kier alpha value is -3.49. The summed E-state index contributed by atoms with van der Waals surface area (Å²) in [5.41, 5.74) is 2.63. The summed E-state index contributed by atoms with van der Waals surface area (Å²) in [5.74, 6) is 1.99. The smallest absolute Gasteiger partial charge is 0.411 e. The van der Waals surface area contributed by atoms with E-state index in [1.165, 1.54) is 0 Å². The Morgan fingerprint density at radius 3 is 1.96 bits per heavy atom. The van der Waals surface area contributed by atoms with Gasteiger partial charge in [0.25, 0.3) is 0 Å². The second-order valence-corrected chi connectivity index (χ2v) is 17.9. The van der Waals surface area contributed by atoms with Crippen molar-refractivity contribution >= 4 is 58.3 Å². The van der Waals surface area contributed by atoms with E-state index in [0.717, 1.165) is 85.9 Å². The summed E-state index contributed by atoms with van der Waals surface area (Å²) in [6.45, 7) is 14.2. The van der Waals surface area contributed by atoms with E-state index in [1.54, 1.807) is 15.9 Å². The number of aromatic nitrogens is 3. The van der Waals surface area contributed by atoms with Gasteiger partial charge in [-0.05, 0) is 128 Å². The third-order valence-corrected chi connectivity index (χ3v) is 10.4. The summed E-state index contributed by atoms with van der Waals surface area (Å²) < 4.78 is 25.0. The zero-order valence-electron chi connectivity index (χ0n) is 32.5. The Labute approximate surface area is 339 Å². The van der Waals surface area contributed by atoms with Gasteiger partial charge in [-0.2, -0.15) is 0 Å². The molecule has 0 atom stereocenters. The molecule has 2 amide bonds. The van der Waals surface area contributed by atoms with Crippen LogP contribution < -0.4 is 5.32 Å². The normalized spacial score (nSPS) is 20.4. The van der Waals surface area contributed by atoms with Gasteiger partial charge in [-0.25, -0.2) is 9.59 Å². The highest BCUT2D eigenvalue weighted by Gasteiger charge is 2.34. The number of nitrogens with one attached hydrogen (secondary N) is 1. The number of thiocarbonyl (C=S) groups is 1. The summed E-state index contributed by atoms with van der Waals surface area (Å²) in [5, 5.41) is 13.6. The molecule has 1 saturated carbocycles. The standard InChI is InChI=1S/C26H35ClN4O4.C14H17ClN2O2S/c1-26(2,3)35-25(32)30-15-18-14-19(27)6-9-22(18)31-23(16-30)28-29-24(31)17-4-7-20(8-5-17)34-21-10-12-33-13-11-21;1-14(2,3)19-13(18)17-7-9-6-10(15)4-5-11(9)16-12(20)8-17/h6,9,14,17,20-21H,4-5,7-8,10-13,15-16H2,1-3H3;4-6H,7-8H2,1-3H3,(H,16,20). The third-order valence-electron chi connectivity index (χ3n) is 9.66. The van der Waals surface area contributed by atoms with Gasteiger partial charge >= 0.3 is 12.2 Å². The van der Waals surface area contributed by atoms with E-state index in [2.05, 4.69) is 20.1 Å². The molecule has 2 aromatic carbocycles. The van der Waals surface area contributed by atoms with Crippen molar-refractivity contribution in [3.05, 3.63) is 69.2 Å². The molecule has 0 unspecified atom stereocenters. The van der Waals surface area contributed by atoms with Crippen LogP contribution in [0.25, 0.3) is 5.69 Å². The van der Waals surface area contributed by atoms with Gasteiger partial charge in [0.2, 0.25) is 0 Å². The van der Waals surface area contributed by atoms with Gasteiger partial charge in [0, 0.05) is 34.9 Å². The van der Waals surface area contributed by atoms with Crippen LogP contribution >= 0.6 is 35.4 Å². The lowest BCUT2D eigenvalue weighted by Crippen LogP contribution is -2.38. The average Bonchev–Trinajstić information content (AvgIpc) is 3.33. The van der Waals surface area contributed by atoms with Gasteiger partial charge in [0.1, 0.15) is 17.0 Å². The highest BCUT2D eigenvalue weighted by Crippen LogP contribution is 2.38. The summed E-state index contributed by atoms with van der Waals surface area (Å²) in [4.78, 5) is 29.0. The topological polar surface area (TPSA) is 120 Å². The third kappa shape index (κ3) is 11.1. The summed E-state index contributed by atoms with van der Waals surface area (Å²) in [6, 6.07) is 11.3. The van der Waals surface area contributed by atoms with Crippen LogP contribution in [-0.4, -0.2) is 84.9 Å². The number of rotatable bonds is 3. The number of ether oxygens (including phenoxy) is 4. The van der Waals surface area contributed by atoms with Gasteiger partial charge in [0.15, 0.2) is 5.82 Å². The second-order valence-electron chi connectivity index (χ2n) is 16.5. The lowest BCUT2D eigenvalue weighted by atomic mass is 9.86. The van der Waals surface area contributed by atoms with Gasteiger partial charge in [-0.3, -0.25) is 14.4 Å². The zero-order valence-corrected chi connectivity index (χ0v) is 34.9. The van der Waals surface area contributed by atoms with Crippen molar-refractivity contribution in [2.45, 2.75) is 129 Å². The van der Waals surface area contributed by atoms with Crippen molar-refractivity contribution < 1.29 is 28.5 Å². The molecule has 298 valence electrons. The van der Waals surface area contributed by atoms with E-state index in [-0.39, 0.29) is 12.2 Å². The van der Waals surface area contributed by atoms with Crippen molar-refractivity contribution in [1.29, 1.82) is 0 Å². The van der Waals surface area contributed by atoms with E-state index in [0.29, 0.717) is 59.3 Å². The minimum atomic E-state index is -0.579. The Balaban J connectivity index is 0.000000219. The highest BCUT2D eigenvalue weighted by molar-refractivity contribution is 7.80. The summed E-state index contributed by atoms with van der Waals surface area (Å²) >= 11 is 17.6. The highest BCUT2D eigenvalue weighted by atomic mass is 35.5. The van der Waals surface area contributed by atoms with Crippen molar-refractivity contribution in [1.82, 2.24) is 24.6 Å². The first-order valence-electron chi connectivity index (χ1n) is 19.0. The number of carbonyl (C=O) groups excluding carboxylic acids is 2. The Morgan fingerprint density at radius 2 is 1.33 bits per heavy atom. The first-order chi connectivity index (χ1) is 26.0. The lowest BCUT2D eigenvalue weighted by molar-refractivity contribution is -0.0796. The number of halogens is 2. The van der Waals surface area contributed by atoms with Crippen LogP contribution in [0.5, 0.6) is 0 Å². The molecule has 2 fully saturated rings. The van der Waals surface area contributed by atoms with E-state index in [1.807, 2.05) is 71.9 Å². The van der Waals surface area contributed by atoms with Crippen LogP contribution in [0, 0.1) is 0 Å². The van der Waals surface area contributed by atoms with Crippen LogP contribution in [0.4, 0.5) is 15.3 Å². The van der Waals surface area contributed by atoms with Crippen molar-refractivity contribution in [2.75, 3.05) is 25.1 Å². The molecule has 4 aliphatic rings. The molecule has 1 saturated heterocycles. The fourth-order valence-corrected chi connectivity index (χ4v) is 7.84. The van der Waals surface area contributed by atoms with Crippen molar-refractivity contribution in [3.63, 3.8) is 0 Å². The number of hydrogen-bond acceptors (Lipinski definition) is 9. The Kier molecular flexibility index (Phi) is 13.0. The molecule has 0 radical (unpaired) electrons. The van der Waals surface area contributed by atoms with Crippen LogP contribution in [0.3, 0.4) is 0 Å². The number of benzene rings is 2. The maximum Gasteiger partial charge on any atom is 0.411 e.